The highest BCUT2D eigenvalue weighted by Gasteiger charge is 2.14. The number of rotatable bonds is 6. The van der Waals surface area contributed by atoms with E-state index in [-0.39, 0.29) is 16.4 Å². The van der Waals surface area contributed by atoms with Crippen molar-refractivity contribution in [1.82, 2.24) is 0 Å². The van der Waals surface area contributed by atoms with E-state index < -0.39 is 11.9 Å². The third kappa shape index (κ3) is 5.16. The molecule has 3 N–H and O–H groups in total. The first-order valence-electron chi connectivity index (χ1n) is 9.41. The Morgan fingerprint density at radius 3 is 2.39 bits per heavy atom. The number of aryl methyl sites for hydroxylation is 1. The van der Waals surface area contributed by atoms with Gasteiger partial charge in [-0.05, 0) is 59.7 Å². The van der Waals surface area contributed by atoms with Crippen LogP contribution >= 0.6 is 23.4 Å². The number of aliphatic imine (C=N–C) groups is 1. The van der Waals surface area contributed by atoms with Crippen molar-refractivity contribution in [3.05, 3.63) is 93.5 Å². The van der Waals surface area contributed by atoms with E-state index in [4.69, 9.17) is 22.4 Å². The molecule has 0 bridgehead atoms. The van der Waals surface area contributed by atoms with Crippen LogP contribution in [0.3, 0.4) is 0 Å². The van der Waals surface area contributed by atoms with Gasteiger partial charge in [0.05, 0.1) is 10.6 Å². The van der Waals surface area contributed by atoms with Crippen molar-refractivity contribution in [2.24, 2.45) is 10.7 Å². The number of amidine groups is 1. The van der Waals surface area contributed by atoms with Crippen LogP contribution in [0.15, 0.2) is 65.7 Å². The molecular weight excluding hydrogens is 432 g/mol. The first-order valence-corrected chi connectivity index (χ1v) is 11.2. The van der Waals surface area contributed by atoms with Crippen molar-refractivity contribution >= 4 is 41.1 Å². The van der Waals surface area contributed by atoms with Gasteiger partial charge in [-0.3, -0.25) is 4.79 Å². The van der Waals surface area contributed by atoms with E-state index in [0.717, 1.165) is 28.0 Å². The molecule has 0 saturated carbocycles. The summed E-state index contributed by atoms with van der Waals surface area (Å²) in [5, 5.41) is 9.11. The number of thioether (sulfide) groups is 1. The first kappa shape index (κ1) is 22.6. The number of nitrogens with zero attached hydrogens (tertiary/aromatic N) is 1. The molecule has 0 fully saturated rings. The number of hydrogen-bond donors (Lipinski definition) is 2. The minimum absolute atomic E-state index is 0.0282. The molecule has 158 valence electrons. The highest BCUT2D eigenvalue weighted by atomic mass is 35.5. The number of carbonyl (C=O) groups excluding carboxylic acids is 1. The van der Waals surface area contributed by atoms with E-state index in [1.54, 1.807) is 17.8 Å². The molecule has 0 spiro atoms. The summed E-state index contributed by atoms with van der Waals surface area (Å²) in [7, 11) is 0. The highest BCUT2D eigenvalue weighted by molar-refractivity contribution is 7.97. The Balaban J connectivity index is 1.94. The molecule has 5 nitrogen and oxygen atoms in total. The molecule has 3 aromatic rings. The molecule has 0 aliphatic heterocycles. The minimum atomic E-state index is -1.14. The molecule has 3 rings (SSSR count). The Bertz CT molecular complexity index is 1190. The maximum Gasteiger partial charge on any atom is 0.337 e. The van der Waals surface area contributed by atoms with Gasteiger partial charge in [0.1, 0.15) is 5.84 Å². The maximum atomic E-state index is 12.8. The monoisotopic (exact) mass is 452 g/mol. The smallest absolute Gasteiger partial charge is 0.337 e. The van der Waals surface area contributed by atoms with Crippen molar-refractivity contribution in [2.45, 2.75) is 12.7 Å². The minimum Gasteiger partial charge on any atom is -0.478 e. The molecule has 7 heteroatoms. The van der Waals surface area contributed by atoms with Gasteiger partial charge in [-0.25, -0.2) is 4.79 Å². The summed E-state index contributed by atoms with van der Waals surface area (Å²) < 4.78 is 0. The molecule has 0 aliphatic rings. The quantitative estimate of drug-likeness (QED) is 0.384. The van der Waals surface area contributed by atoms with Crippen molar-refractivity contribution in [1.29, 1.82) is 0 Å². The molecule has 3 aromatic carbocycles. The zero-order valence-corrected chi connectivity index (χ0v) is 18.6. The normalized spacial score (nSPS) is 11.4. The third-order valence-corrected chi connectivity index (χ3v) is 5.72. The van der Waals surface area contributed by atoms with Gasteiger partial charge in [-0.15, -0.1) is 0 Å². The SMILES string of the molecule is CSCc1cc(C(=O)N=C(N)c2ccc(C(=O)O)c(Cl)c2)ccc1-c1ccccc1C. The van der Waals surface area contributed by atoms with E-state index in [1.807, 2.05) is 30.5 Å². The van der Waals surface area contributed by atoms with Gasteiger partial charge in [-0.1, -0.05) is 48.0 Å². The van der Waals surface area contributed by atoms with Gasteiger partial charge in [0.2, 0.25) is 0 Å². The van der Waals surface area contributed by atoms with Crippen LogP contribution in [0.1, 0.15) is 37.4 Å². The molecule has 0 unspecified atom stereocenters. The molecule has 0 aliphatic carbocycles. The molecule has 0 heterocycles. The number of halogens is 1. The predicted molar refractivity (Wildman–Crippen MR) is 127 cm³/mol. The number of carboxylic acid groups (broad SMARTS) is 1. The Morgan fingerprint density at radius 2 is 1.74 bits per heavy atom. The van der Waals surface area contributed by atoms with Gasteiger partial charge in [0.25, 0.3) is 5.91 Å². The summed E-state index contributed by atoms with van der Waals surface area (Å²) in [4.78, 5) is 27.9. The van der Waals surface area contributed by atoms with Crippen LogP contribution in [0.2, 0.25) is 5.02 Å². The molecular formula is C24H21ClN2O3S. The van der Waals surface area contributed by atoms with Crippen molar-refractivity contribution in [3.63, 3.8) is 0 Å². The molecule has 0 atom stereocenters. The summed E-state index contributed by atoms with van der Waals surface area (Å²) in [6, 6.07) is 17.8. The molecule has 0 radical (unpaired) electrons. The molecule has 0 saturated heterocycles. The van der Waals surface area contributed by atoms with Gasteiger partial charge >= 0.3 is 5.97 Å². The Morgan fingerprint density at radius 1 is 1.03 bits per heavy atom. The van der Waals surface area contributed by atoms with Crippen LogP contribution in [-0.4, -0.2) is 29.1 Å². The van der Waals surface area contributed by atoms with E-state index >= 15 is 0 Å². The second-order valence-corrected chi connectivity index (χ2v) is 8.20. The lowest BCUT2D eigenvalue weighted by atomic mass is 9.95. The number of aromatic carboxylic acids is 1. The second-order valence-electron chi connectivity index (χ2n) is 6.92. The Labute approximate surface area is 190 Å². The number of amides is 1. The predicted octanol–water partition coefficient (Wildman–Crippen LogP) is 5.42. The Kier molecular flexibility index (Phi) is 7.15. The van der Waals surface area contributed by atoms with Crippen LogP contribution in [0.25, 0.3) is 11.1 Å². The zero-order chi connectivity index (χ0) is 22.5. The number of carbonyl (C=O) groups is 2. The van der Waals surface area contributed by atoms with E-state index in [2.05, 4.69) is 24.0 Å². The molecule has 1 amide bonds. The van der Waals surface area contributed by atoms with Gasteiger partial charge < -0.3 is 10.8 Å². The summed E-state index contributed by atoms with van der Waals surface area (Å²) in [5.41, 5.74) is 11.2. The molecule has 0 aromatic heterocycles. The lowest BCUT2D eigenvalue weighted by molar-refractivity contribution is 0.0697. The summed E-state index contributed by atoms with van der Waals surface area (Å²) >= 11 is 7.66. The molecule has 31 heavy (non-hydrogen) atoms. The van der Waals surface area contributed by atoms with E-state index in [9.17, 15) is 9.59 Å². The average molecular weight is 453 g/mol. The summed E-state index contributed by atoms with van der Waals surface area (Å²) in [6.45, 7) is 2.06. The number of carboxylic acids is 1. The van der Waals surface area contributed by atoms with Crippen molar-refractivity contribution in [3.8, 4) is 11.1 Å². The van der Waals surface area contributed by atoms with Crippen LogP contribution in [0.5, 0.6) is 0 Å². The third-order valence-electron chi connectivity index (χ3n) is 4.80. The number of nitrogens with two attached hydrogens (primary N) is 1. The fraction of sp³-hybridized carbons (Fsp3) is 0.125. The lowest BCUT2D eigenvalue weighted by Crippen LogP contribution is -2.16. The van der Waals surface area contributed by atoms with Crippen LogP contribution in [0.4, 0.5) is 0 Å². The number of hydrogen-bond acceptors (Lipinski definition) is 3. The topological polar surface area (TPSA) is 92.8 Å². The largest absolute Gasteiger partial charge is 0.478 e. The van der Waals surface area contributed by atoms with Gasteiger partial charge in [0.15, 0.2) is 0 Å². The fourth-order valence-electron chi connectivity index (χ4n) is 3.23. The van der Waals surface area contributed by atoms with Gasteiger partial charge in [0, 0.05) is 16.9 Å². The highest BCUT2D eigenvalue weighted by Crippen LogP contribution is 2.30. The summed E-state index contributed by atoms with van der Waals surface area (Å²) in [6.07, 6.45) is 2.01. The lowest BCUT2D eigenvalue weighted by Gasteiger charge is -2.13. The zero-order valence-electron chi connectivity index (χ0n) is 17.1. The standard InChI is InChI=1S/C24H21ClN2O3S/c1-14-5-3-4-6-18(14)19-9-8-16(11-17(19)13-31-2)23(28)27-22(26)15-7-10-20(24(29)30)21(25)12-15/h3-12H,13H2,1-2H3,(H,29,30)(H2,26,27,28). The summed E-state index contributed by atoms with van der Waals surface area (Å²) in [5.74, 6) is -0.901. The van der Waals surface area contributed by atoms with E-state index in [1.165, 1.54) is 18.2 Å². The maximum absolute atomic E-state index is 12.8. The first-order chi connectivity index (χ1) is 14.8. The van der Waals surface area contributed by atoms with E-state index in [0.29, 0.717) is 11.1 Å². The fourth-order valence-corrected chi connectivity index (χ4v) is 4.04. The van der Waals surface area contributed by atoms with Gasteiger partial charge in [-0.2, -0.15) is 16.8 Å². The van der Waals surface area contributed by atoms with Crippen LogP contribution in [0, 0.1) is 6.92 Å². The van der Waals surface area contributed by atoms with Crippen LogP contribution < -0.4 is 5.73 Å². The van der Waals surface area contributed by atoms with Crippen LogP contribution in [-0.2, 0) is 5.75 Å². The van der Waals surface area contributed by atoms with Crippen molar-refractivity contribution in [2.75, 3.05) is 6.26 Å². The Hall–Kier alpha value is -3.09. The second kappa shape index (κ2) is 9.81. The average Bonchev–Trinajstić information content (AvgIpc) is 2.74. The van der Waals surface area contributed by atoms with Crippen molar-refractivity contribution < 1.29 is 14.7 Å². The number of benzene rings is 3.